The number of rotatable bonds is 0. The standard InChI is InChI=1S/Cu.Ga.In.O.Sn.8H. The van der Waals surface area contributed by atoms with Crippen LogP contribution in [0, 0.1) is 0 Å². The molecule has 0 rings (SSSR count). The van der Waals surface area contributed by atoms with Crippen molar-refractivity contribution in [2.75, 3.05) is 0 Å². The number of hydrogen-bond acceptors (Lipinski definition) is 1. The Morgan fingerprint density at radius 1 is 1.20 bits per heavy atom. The van der Waals surface area contributed by atoms with E-state index in [9.17, 15) is 0 Å². The van der Waals surface area contributed by atoms with Crippen LogP contribution in [0.5, 0.6) is 0 Å². The molecule has 0 aliphatic rings. The van der Waals surface area contributed by atoms with E-state index in [-0.39, 0.29) is 85.1 Å². The Labute approximate surface area is 86.5 Å². The van der Waals surface area contributed by atoms with E-state index in [0.717, 1.165) is 0 Å². The van der Waals surface area contributed by atoms with Gasteiger partial charge in [-0.15, -0.1) is 0 Å². The molecular weight excluding hydrogens is 383 g/mol. The van der Waals surface area contributed by atoms with Crippen molar-refractivity contribution in [2.45, 2.75) is 0 Å². The Morgan fingerprint density at radius 3 is 1.20 bits per heavy atom. The van der Waals surface area contributed by atoms with Crippen LogP contribution in [0.4, 0.5) is 0 Å². The molecule has 5 heteroatoms. The number of hydrogen-bond donors (Lipinski definition) is 0. The molecule has 0 bridgehead atoms. The summed E-state index contributed by atoms with van der Waals surface area (Å²) < 4.78 is 8.42. The van der Waals surface area contributed by atoms with Crippen molar-refractivity contribution in [1.82, 2.24) is 0 Å². The van der Waals surface area contributed by atoms with E-state index in [1.165, 1.54) is 0 Å². The molecule has 0 aromatic carbocycles. The summed E-state index contributed by atoms with van der Waals surface area (Å²) in [4.78, 5) is 0. The summed E-state index contributed by atoms with van der Waals surface area (Å²) in [7, 11) is 0. The summed E-state index contributed by atoms with van der Waals surface area (Å²) in [5.74, 6) is 0. The molecule has 0 heterocycles. The molecule has 5 heavy (non-hydrogen) atoms. The summed E-state index contributed by atoms with van der Waals surface area (Å²) in [6, 6.07) is 0. The minimum absolute atomic E-state index is 0. The molecule has 0 fully saturated rings. The zero-order valence-electron chi connectivity index (χ0n) is 1.42. The fraction of sp³-hybridized carbons (Fsp3) is 0. The molecule has 0 aliphatic carbocycles. The van der Waals surface area contributed by atoms with Crippen LogP contribution >= 0.6 is 0 Å². The Morgan fingerprint density at radius 2 is 1.20 bits per heavy atom. The van der Waals surface area contributed by atoms with Gasteiger partial charge in [0.1, 0.15) is 0 Å². The molecule has 0 amide bonds. The molecule has 35 valence electrons. The van der Waals surface area contributed by atoms with E-state index in [4.69, 9.17) is 2.85 Å². The molecule has 0 spiro atoms. The average molecular weight is 391 g/mol. The Kier molecular flexibility index (Phi) is 155. The quantitative estimate of drug-likeness (QED) is 0.394. The first-order valence-corrected chi connectivity index (χ1v) is 1.94. The molecule has 0 saturated heterocycles. The molecule has 0 saturated carbocycles. The summed E-state index contributed by atoms with van der Waals surface area (Å²) >= 11 is -0.1000. The van der Waals surface area contributed by atoms with Gasteiger partial charge >= 0.3 is 70.9 Å². The molecule has 1 radical (unpaired) electrons. The molecule has 0 atom stereocenters. The van der Waals surface area contributed by atoms with Crippen LogP contribution in [0.2, 0.25) is 0 Å². The van der Waals surface area contributed by atoms with Crippen LogP contribution in [0.15, 0.2) is 0 Å². The van der Waals surface area contributed by atoms with E-state index < -0.39 is 0 Å². The second-order valence-electron chi connectivity index (χ2n) is 0. The van der Waals surface area contributed by atoms with Crippen LogP contribution in [0.3, 0.4) is 0 Å². The Balaban J connectivity index is -0.00000000167. The van der Waals surface area contributed by atoms with Crippen molar-refractivity contribution in [3.8, 4) is 0 Å². The summed E-state index contributed by atoms with van der Waals surface area (Å²) in [6.45, 7) is 0. The van der Waals surface area contributed by atoms with Crippen molar-refractivity contribution < 1.29 is 19.9 Å². The van der Waals surface area contributed by atoms with Crippen molar-refractivity contribution >= 4 is 68.1 Å². The van der Waals surface area contributed by atoms with Crippen LogP contribution in [-0.4, -0.2) is 68.1 Å². The van der Waals surface area contributed by atoms with Gasteiger partial charge < -0.3 is 0 Å². The van der Waals surface area contributed by atoms with Gasteiger partial charge in [0.2, 0.25) is 0 Å². The van der Waals surface area contributed by atoms with Crippen molar-refractivity contribution in [2.24, 2.45) is 0 Å². The molecule has 1 nitrogen and oxygen atoms in total. The summed E-state index contributed by atoms with van der Waals surface area (Å²) in [5.41, 5.74) is 0. The van der Waals surface area contributed by atoms with Crippen molar-refractivity contribution in [3.05, 3.63) is 0 Å². The first-order chi connectivity index (χ1) is 1.00. The molecule has 0 aliphatic heterocycles. The van der Waals surface area contributed by atoms with Crippen LogP contribution in [0.25, 0.3) is 0 Å². The molecule has 0 unspecified atom stereocenters. The van der Waals surface area contributed by atoms with Gasteiger partial charge in [0.05, 0.1) is 0 Å². The molecule has 0 aromatic heterocycles. The third-order valence-corrected chi connectivity index (χ3v) is 0. The first kappa shape index (κ1) is 25.5. The predicted octanol–water partition coefficient (Wildman–Crippen LogP) is -3.41. The van der Waals surface area contributed by atoms with Gasteiger partial charge in [-0.2, -0.15) is 0 Å². The van der Waals surface area contributed by atoms with Crippen molar-refractivity contribution in [1.29, 1.82) is 0 Å². The van der Waals surface area contributed by atoms with Crippen molar-refractivity contribution in [3.63, 3.8) is 0 Å². The summed E-state index contributed by atoms with van der Waals surface area (Å²) in [6.07, 6.45) is 0. The van der Waals surface area contributed by atoms with E-state index in [1.807, 2.05) is 0 Å². The first-order valence-electron chi connectivity index (χ1n) is 0.289. The maximum absolute atomic E-state index is 8.42. The predicted molar refractivity (Wildman–Crippen MR) is 29.1 cm³/mol. The van der Waals surface area contributed by atoms with E-state index >= 15 is 0 Å². The van der Waals surface area contributed by atoms with E-state index in [0.29, 0.717) is 0 Å². The molecular formula is H8CuGaInOSn. The van der Waals surface area contributed by atoms with Gasteiger partial charge in [-0.05, 0) is 0 Å². The zero-order chi connectivity index (χ0) is 2.00. The van der Waals surface area contributed by atoms with Gasteiger partial charge in [-0.1, -0.05) is 0 Å². The molecule has 0 aromatic rings. The van der Waals surface area contributed by atoms with E-state index in [1.54, 1.807) is 0 Å². The second kappa shape index (κ2) is 30.4. The maximum atomic E-state index is 8.42. The monoisotopic (exact) mass is 391 g/mol. The normalized spacial score (nSPS) is 0.600. The van der Waals surface area contributed by atoms with Crippen LogP contribution in [0.1, 0.15) is 0 Å². The Bertz CT molecular complexity index is 11.6. The third kappa shape index (κ3) is 20.6. The summed E-state index contributed by atoms with van der Waals surface area (Å²) in [5, 5.41) is 0. The minimum atomic E-state index is -0.1000. The van der Waals surface area contributed by atoms with Gasteiger partial charge in [-0.3, -0.25) is 0 Å². The zero-order valence-corrected chi connectivity index (χ0v) is 6.39. The van der Waals surface area contributed by atoms with Gasteiger partial charge in [0.15, 0.2) is 0 Å². The van der Waals surface area contributed by atoms with Gasteiger partial charge in [-0.25, -0.2) is 0 Å². The van der Waals surface area contributed by atoms with Gasteiger partial charge in [0.25, 0.3) is 0 Å². The molecule has 0 N–H and O–H groups in total. The fourth-order valence-corrected chi connectivity index (χ4v) is 0. The third-order valence-electron chi connectivity index (χ3n) is 0. The average Bonchev–Trinajstić information content (AvgIpc) is 1.00. The van der Waals surface area contributed by atoms with Crippen LogP contribution < -0.4 is 0 Å². The topological polar surface area (TPSA) is 17.1 Å². The SMILES string of the molecule is [Cu].[GaH3].[O]=[InH].[SnH4]. The second-order valence-corrected chi connectivity index (χ2v) is 0. The van der Waals surface area contributed by atoms with Crippen LogP contribution in [-0.2, 0) is 19.9 Å². The van der Waals surface area contributed by atoms with Gasteiger partial charge in [0, 0.05) is 17.1 Å². The fourth-order valence-electron chi connectivity index (χ4n) is 0. The Hall–Kier alpha value is 2.62. The van der Waals surface area contributed by atoms with E-state index in [2.05, 4.69) is 0 Å².